The highest BCUT2D eigenvalue weighted by Crippen LogP contribution is 2.31. The van der Waals surface area contributed by atoms with Crippen LogP contribution in [0, 0.1) is 0 Å². The molecule has 0 radical (unpaired) electrons. The summed E-state index contributed by atoms with van der Waals surface area (Å²) in [5.41, 5.74) is 1.28. The van der Waals surface area contributed by atoms with Crippen LogP contribution in [0.5, 0.6) is 0 Å². The SMILES string of the molecule is CCCNC(c1c(Br)cnn1C)C1CN2CCN1CC2. The van der Waals surface area contributed by atoms with Gasteiger partial charge in [0.25, 0.3) is 0 Å². The monoisotopic (exact) mass is 341 g/mol. The van der Waals surface area contributed by atoms with Crippen molar-refractivity contribution in [3.8, 4) is 0 Å². The van der Waals surface area contributed by atoms with Crippen LogP contribution in [0.1, 0.15) is 25.1 Å². The first-order chi connectivity index (χ1) is 9.70. The van der Waals surface area contributed by atoms with Crippen LogP contribution >= 0.6 is 15.9 Å². The van der Waals surface area contributed by atoms with Gasteiger partial charge in [-0.05, 0) is 28.9 Å². The number of aryl methyl sites for hydroxylation is 1. The number of aromatic nitrogens is 2. The molecule has 1 N–H and O–H groups in total. The fraction of sp³-hybridized carbons (Fsp3) is 0.786. The predicted octanol–water partition coefficient (Wildman–Crippen LogP) is 1.22. The molecule has 2 unspecified atom stereocenters. The fourth-order valence-corrected chi connectivity index (χ4v) is 4.05. The van der Waals surface area contributed by atoms with Gasteiger partial charge in [-0.3, -0.25) is 14.5 Å². The van der Waals surface area contributed by atoms with Crippen molar-refractivity contribution in [3.05, 3.63) is 16.4 Å². The molecule has 3 saturated heterocycles. The summed E-state index contributed by atoms with van der Waals surface area (Å²) in [5, 5.41) is 8.15. The average molecular weight is 342 g/mol. The smallest absolute Gasteiger partial charge is 0.0708 e. The molecular weight excluding hydrogens is 318 g/mol. The van der Waals surface area contributed by atoms with Crippen LogP contribution in [-0.2, 0) is 7.05 Å². The summed E-state index contributed by atoms with van der Waals surface area (Å²) in [5.74, 6) is 0. The van der Waals surface area contributed by atoms with Crippen LogP contribution in [-0.4, -0.2) is 64.9 Å². The van der Waals surface area contributed by atoms with Crippen molar-refractivity contribution in [3.63, 3.8) is 0 Å². The van der Waals surface area contributed by atoms with E-state index in [1.54, 1.807) is 0 Å². The Morgan fingerprint density at radius 3 is 2.65 bits per heavy atom. The van der Waals surface area contributed by atoms with E-state index in [4.69, 9.17) is 0 Å². The minimum atomic E-state index is 0.347. The summed E-state index contributed by atoms with van der Waals surface area (Å²) in [6.45, 7) is 9.28. The maximum atomic E-state index is 4.40. The number of hydrogen-bond donors (Lipinski definition) is 1. The van der Waals surface area contributed by atoms with Crippen molar-refractivity contribution in [2.45, 2.75) is 25.4 Å². The largest absolute Gasteiger partial charge is 0.307 e. The van der Waals surface area contributed by atoms with Crippen LogP contribution in [0.15, 0.2) is 10.7 Å². The van der Waals surface area contributed by atoms with E-state index < -0.39 is 0 Å². The third kappa shape index (κ3) is 2.66. The molecule has 5 nitrogen and oxygen atoms in total. The Bertz CT molecular complexity index is 433. The van der Waals surface area contributed by atoms with Gasteiger partial charge in [0.1, 0.15) is 0 Å². The summed E-state index contributed by atoms with van der Waals surface area (Å²) in [4.78, 5) is 5.24. The Morgan fingerprint density at radius 1 is 1.40 bits per heavy atom. The van der Waals surface area contributed by atoms with Gasteiger partial charge < -0.3 is 5.32 Å². The van der Waals surface area contributed by atoms with E-state index in [1.165, 1.54) is 38.4 Å². The topological polar surface area (TPSA) is 36.3 Å². The minimum absolute atomic E-state index is 0.347. The second-order valence-electron chi connectivity index (χ2n) is 5.84. The molecule has 2 atom stereocenters. The zero-order valence-corrected chi connectivity index (χ0v) is 13.9. The fourth-order valence-electron chi connectivity index (χ4n) is 3.46. The molecule has 20 heavy (non-hydrogen) atoms. The minimum Gasteiger partial charge on any atom is -0.307 e. The van der Waals surface area contributed by atoms with Gasteiger partial charge in [0, 0.05) is 45.8 Å². The lowest BCUT2D eigenvalue weighted by molar-refractivity contribution is -0.00492. The van der Waals surface area contributed by atoms with Crippen molar-refractivity contribution >= 4 is 15.9 Å². The summed E-state index contributed by atoms with van der Waals surface area (Å²) in [6, 6.07) is 0.899. The van der Waals surface area contributed by atoms with Gasteiger partial charge >= 0.3 is 0 Å². The van der Waals surface area contributed by atoms with E-state index in [1.807, 2.05) is 17.9 Å². The molecule has 3 fully saturated rings. The first kappa shape index (κ1) is 14.5. The molecular formula is C14H24BrN5. The van der Waals surface area contributed by atoms with Crippen molar-refractivity contribution in [1.29, 1.82) is 0 Å². The standard InChI is InChI=1S/C14H24BrN5/c1-3-4-16-13(14-11(15)9-17-18(14)2)12-10-19-5-7-20(12)8-6-19/h9,12-13,16H,3-8,10H2,1-2H3. The Labute approximate surface area is 129 Å². The molecule has 4 rings (SSSR count). The van der Waals surface area contributed by atoms with E-state index in [2.05, 4.69) is 43.1 Å². The molecule has 4 heterocycles. The molecule has 1 aromatic heterocycles. The van der Waals surface area contributed by atoms with Crippen molar-refractivity contribution in [1.82, 2.24) is 24.9 Å². The van der Waals surface area contributed by atoms with Crippen LogP contribution in [0.2, 0.25) is 0 Å². The highest BCUT2D eigenvalue weighted by molar-refractivity contribution is 9.10. The van der Waals surface area contributed by atoms with Gasteiger partial charge in [-0.15, -0.1) is 0 Å². The van der Waals surface area contributed by atoms with Crippen LogP contribution in [0.25, 0.3) is 0 Å². The number of nitrogens with one attached hydrogen (secondary N) is 1. The first-order valence-electron chi connectivity index (χ1n) is 7.58. The molecule has 0 aromatic carbocycles. The number of nitrogens with zero attached hydrogens (tertiary/aromatic N) is 4. The molecule has 2 bridgehead atoms. The van der Waals surface area contributed by atoms with Crippen molar-refractivity contribution in [2.24, 2.45) is 7.05 Å². The third-order valence-corrected chi connectivity index (χ3v) is 5.16. The van der Waals surface area contributed by atoms with E-state index in [9.17, 15) is 0 Å². The first-order valence-corrected chi connectivity index (χ1v) is 8.37. The molecule has 3 aliphatic rings. The second kappa shape index (κ2) is 6.13. The molecule has 0 spiro atoms. The number of fused-ring (bicyclic) bond motifs is 3. The zero-order chi connectivity index (χ0) is 14.1. The van der Waals surface area contributed by atoms with E-state index >= 15 is 0 Å². The summed E-state index contributed by atoms with van der Waals surface area (Å²) in [6.07, 6.45) is 3.06. The lowest BCUT2D eigenvalue weighted by Crippen LogP contribution is -2.64. The highest BCUT2D eigenvalue weighted by Gasteiger charge is 2.38. The Balaban J connectivity index is 1.86. The highest BCUT2D eigenvalue weighted by atomic mass is 79.9. The van der Waals surface area contributed by atoms with Crippen molar-refractivity contribution in [2.75, 3.05) is 39.3 Å². The second-order valence-corrected chi connectivity index (χ2v) is 6.69. The normalized spacial score (nSPS) is 30.6. The van der Waals surface area contributed by atoms with E-state index in [0.717, 1.165) is 17.4 Å². The van der Waals surface area contributed by atoms with Gasteiger partial charge in [0.2, 0.25) is 0 Å². The Morgan fingerprint density at radius 2 is 2.15 bits per heavy atom. The number of rotatable bonds is 5. The summed E-state index contributed by atoms with van der Waals surface area (Å²) >= 11 is 3.67. The van der Waals surface area contributed by atoms with E-state index in [0.29, 0.717) is 12.1 Å². The van der Waals surface area contributed by atoms with Crippen LogP contribution in [0.3, 0.4) is 0 Å². The Hall–Kier alpha value is -0.430. The van der Waals surface area contributed by atoms with Crippen LogP contribution < -0.4 is 5.32 Å². The van der Waals surface area contributed by atoms with Gasteiger partial charge in [-0.2, -0.15) is 5.10 Å². The number of halogens is 1. The zero-order valence-electron chi connectivity index (χ0n) is 12.3. The van der Waals surface area contributed by atoms with Crippen LogP contribution in [0.4, 0.5) is 0 Å². The van der Waals surface area contributed by atoms with Gasteiger partial charge in [-0.1, -0.05) is 6.92 Å². The van der Waals surface area contributed by atoms with E-state index in [-0.39, 0.29) is 0 Å². The molecule has 0 aliphatic carbocycles. The maximum absolute atomic E-state index is 4.40. The predicted molar refractivity (Wildman–Crippen MR) is 83.7 cm³/mol. The molecule has 112 valence electrons. The molecule has 3 aliphatic heterocycles. The molecule has 6 heteroatoms. The molecule has 1 aromatic rings. The summed E-state index contributed by atoms with van der Waals surface area (Å²) in [7, 11) is 2.04. The third-order valence-electron chi connectivity index (χ3n) is 4.55. The lowest BCUT2D eigenvalue weighted by atomic mass is 9.97. The lowest BCUT2D eigenvalue weighted by Gasteiger charge is -2.50. The molecule has 0 amide bonds. The van der Waals surface area contributed by atoms with Crippen molar-refractivity contribution < 1.29 is 0 Å². The van der Waals surface area contributed by atoms with Gasteiger partial charge in [0.05, 0.1) is 22.4 Å². The number of piperazine rings is 3. The van der Waals surface area contributed by atoms with Gasteiger partial charge in [0.15, 0.2) is 0 Å². The maximum Gasteiger partial charge on any atom is 0.0708 e. The van der Waals surface area contributed by atoms with Gasteiger partial charge in [-0.25, -0.2) is 0 Å². The number of hydrogen-bond acceptors (Lipinski definition) is 4. The Kier molecular flexibility index (Phi) is 4.45. The quantitative estimate of drug-likeness (QED) is 0.873. The summed E-state index contributed by atoms with van der Waals surface area (Å²) < 4.78 is 3.13. The molecule has 0 saturated carbocycles. The average Bonchev–Trinajstić information content (AvgIpc) is 2.81.